The van der Waals surface area contributed by atoms with Gasteiger partial charge in [0.05, 0.1) is 26.8 Å². The van der Waals surface area contributed by atoms with Crippen molar-refractivity contribution in [3.63, 3.8) is 0 Å². The molecule has 1 heterocycles. The van der Waals surface area contributed by atoms with Crippen LogP contribution in [-0.4, -0.2) is 11.0 Å². The minimum absolute atomic E-state index is 0.174. The lowest BCUT2D eigenvalue weighted by Gasteiger charge is -2.12. The van der Waals surface area contributed by atoms with E-state index in [2.05, 4.69) is 6.08 Å². The number of pyridine rings is 1. The monoisotopic (exact) mass is 493 g/mol. The summed E-state index contributed by atoms with van der Waals surface area (Å²) in [5.41, 5.74) is 5.97. The largest absolute Gasteiger partial charge is 0.457 e. The highest BCUT2D eigenvalue weighted by molar-refractivity contribution is 6.42. The summed E-state index contributed by atoms with van der Waals surface area (Å²) in [4.78, 5) is 18.2. The van der Waals surface area contributed by atoms with Crippen LogP contribution in [-0.2, 0) is 17.8 Å². The maximum absolute atomic E-state index is 13.3. The highest BCUT2D eigenvalue weighted by Crippen LogP contribution is 2.38. The molecule has 1 aromatic heterocycles. The molecule has 3 aromatic carbocycles. The summed E-state index contributed by atoms with van der Waals surface area (Å²) in [6.45, 7) is 0.174. The molecule has 164 valence electrons. The molecule has 0 fully saturated rings. The molecule has 0 aliphatic heterocycles. The third kappa shape index (κ3) is 4.49. The van der Waals surface area contributed by atoms with Gasteiger partial charge in [0.1, 0.15) is 6.61 Å². The molecular formula is C27H18Cl3NO2. The molecule has 1 aliphatic rings. The summed E-state index contributed by atoms with van der Waals surface area (Å²) < 4.78 is 5.71. The number of carbonyl (C=O) groups excluding carboxylic acids is 1. The van der Waals surface area contributed by atoms with Crippen LogP contribution in [0.2, 0.25) is 15.1 Å². The van der Waals surface area contributed by atoms with Gasteiger partial charge in [0.2, 0.25) is 0 Å². The minimum Gasteiger partial charge on any atom is -0.457 e. The Morgan fingerprint density at radius 2 is 1.73 bits per heavy atom. The van der Waals surface area contributed by atoms with Gasteiger partial charge < -0.3 is 4.74 Å². The average Bonchev–Trinajstić information content (AvgIpc) is 3.21. The van der Waals surface area contributed by atoms with Crippen LogP contribution in [0.25, 0.3) is 22.6 Å². The summed E-state index contributed by atoms with van der Waals surface area (Å²) >= 11 is 18.2. The van der Waals surface area contributed by atoms with Crippen molar-refractivity contribution >= 4 is 63.3 Å². The molecule has 0 saturated heterocycles. The van der Waals surface area contributed by atoms with Gasteiger partial charge in [-0.3, -0.25) is 0 Å². The Balaban J connectivity index is 1.54. The molecule has 0 bridgehead atoms. The van der Waals surface area contributed by atoms with Crippen molar-refractivity contribution in [2.45, 2.75) is 19.4 Å². The number of hydrogen-bond donors (Lipinski definition) is 0. The first-order valence-corrected chi connectivity index (χ1v) is 11.6. The SMILES string of the molecule is O=C(OCc1ccc(Cl)cc1)c1c2c(nc3ccccc13)C(=Cc1ccc(Cl)c(Cl)c1)CC2. The number of para-hydroxylation sites is 1. The molecule has 1 aliphatic carbocycles. The van der Waals surface area contributed by atoms with Crippen molar-refractivity contribution in [1.82, 2.24) is 4.98 Å². The van der Waals surface area contributed by atoms with Crippen LogP contribution in [0.3, 0.4) is 0 Å². The Morgan fingerprint density at radius 3 is 2.52 bits per heavy atom. The van der Waals surface area contributed by atoms with Crippen LogP contribution in [0.5, 0.6) is 0 Å². The Morgan fingerprint density at radius 1 is 0.939 bits per heavy atom. The van der Waals surface area contributed by atoms with E-state index < -0.39 is 0 Å². The van der Waals surface area contributed by atoms with Gasteiger partial charge in [-0.25, -0.2) is 9.78 Å². The fourth-order valence-corrected chi connectivity index (χ4v) is 4.55. The zero-order valence-electron chi connectivity index (χ0n) is 17.4. The summed E-state index contributed by atoms with van der Waals surface area (Å²) in [5, 5.41) is 2.46. The van der Waals surface area contributed by atoms with Crippen LogP contribution in [0.15, 0.2) is 66.7 Å². The molecule has 0 atom stereocenters. The minimum atomic E-state index is -0.351. The number of hydrogen-bond acceptors (Lipinski definition) is 3. The second kappa shape index (κ2) is 9.18. The van der Waals surface area contributed by atoms with Gasteiger partial charge in [-0.05, 0) is 71.5 Å². The van der Waals surface area contributed by atoms with E-state index in [0.717, 1.165) is 45.3 Å². The third-order valence-electron chi connectivity index (χ3n) is 5.71. The molecule has 0 saturated carbocycles. The Labute approximate surface area is 206 Å². The van der Waals surface area contributed by atoms with Gasteiger partial charge in [-0.2, -0.15) is 0 Å². The molecule has 33 heavy (non-hydrogen) atoms. The normalized spacial score (nSPS) is 14.0. The van der Waals surface area contributed by atoms with Crippen LogP contribution >= 0.6 is 34.8 Å². The van der Waals surface area contributed by atoms with Crippen LogP contribution in [0.1, 0.15) is 39.2 Å². The Kier molecular flexibility index (Phi) is 6.11. The summed E-state index contributed by atoms with van der Waals surface area (Å²) in [5.74, 6) is -0.351. The van der Waals surface area contributed by atoms with Crippen molar-refractivity contribution in [3.05, 3.63) is 110 Å². The second-order valence-corrected chi connectivity index (χ2v) is 9.13. The van der Waals surface area contributed by atoms with E-state index in [1.165, 1.54) is 0 Å². The summed E-state index contributed by atoms with van der Waals surface area (Å²) in [6, 6.07) is 20.5. The number of halogens is 3. The van der Waals surface area contributed by atoms with E-state index in [9.17, 15) is 4.79 Å². The van der Waals surface area contributed by atoms with Crippen LogP contribution in [0.4, 0.5) is 0 Å². The predicted octanol–water partition coefficient (Wildman–Crippen LogP) is 8.04. The standard InChI is InChI=1S/C27H18Cl3NO2/c28-19-9-5-16(6-10-19)15-33-27(32)25-20-3-1-2-4-24(20)31-26-18(8-11-21(25)26)13-17-7-12-22(29)23(30)14-17/h1-7,9-10,12-14H,8,11,15H2. The number of fused-ring (bicyclic) bond motifs is 2. The van der Waals surface area contributed by atoms with Gasteiger partial charge in [-0.15, -0.1) is 0 Å². The number of ether oxygens (including phenoxy) is 1. The summed E-state index contributed by atoms with van der Waals surface area (Å²) in [7, 11) is 0. The molecular weight excluding hydrogens is 477 g/mol. The molecule has 0 N–H and O–H groups in total. The highest BCUT2D eigenvalue weighted by atomic mass is 35.5. The molecule has 6 heteroatoms. The van der Waals surface area contributed by atoms with Crippen molar-refractivity contribution in [3.8, 4) is 0 Å². The van der Waals surface area contributed by atoms with E-state index >= 15 is 0 Å². The number of allylic oxidation sites excluding steroid dienone is 1. The van der Waals surface area contributed by atoms with Gasteiger partial charge >= 0.3 is 5.97 Å². The molecule has 0 radical (unpaired) electrons. The van der Waals surface area contributed by atoms with Crippen molar-refractivity contribution in [2.24, 2.45) is 0 Å². The number of carbonyl (C=O) groups is 1. The van der Waals surface area contributed by atoms with Gasteiger partial charge in [-0.1, -0.05) is 71.2 Å². The molecule has 5 rings (SSSR count). The Hall–Kier alpha value is -2.85. The number of aromatic nitrogens is 1. The summed E-state index contributed by atoms with van der Waals surface area (Å²) in [6.07, 6.45) is 3.54. The van der Waals surface area contributed by atoms with E-state index in [1.807, 2.05) is 48.5 Å². The number of benzene rings is 3. The molecule has 3 nitrogen and oxygen atoms in total. The van der Waals surface area contributed by atoms with E-state index in [4.69, 9.17) is 44.5 Å². The van der Waals surface area contributed by atoms with Gasteiger partial charge in [0, 0.05) is 10.4 Å². The van der Waals surface area contributed by atoms with Crippen molar-refractivity contribution < 1.29 is 9.53 Å². The van der Waals surface area contributed by atoms with Crippen molar-refractivity contribution in [1.29, 1.82) is 0 Å². The Bertz CT molecular complexity index is 1410. The second-order valence-electron chi connectivity index (χ2n) is 7.88. The lowest BCUT2D eigenvalue weighted by Crippen LogP contribution is -2.10. The number of esters is 1. The van der Waals surface area contributed by atoms with E-state index in [-0.39, 0.29) is 12.6 Å². The lowest BCUT2D eigenvalue weighted by atomic mass is 10.0. The predicted molar refractivity (Wildman–Crippen MR) is 135 cm³/mol. The first-order chi connectivity index (χ1) is 16.0. The van der Waals surface area contributed by atoms with Crippen LogP contribution < -0.4 is 0 Å². The quantitative estimate of drug-likeness (QED) is 0.269. The van der Waals surface area contributed by atoms with E-state index in [0.29, 0.717) is 27.1 Å². The fourth-order valence-electron chi connectivity index (χ4n) is 4.12. The zero-order valence-corrected chi connectivity index (χ0v) is 19.7. The molecule has 0 spiro atoms. The van der Waals surface area contributed by atoms with Crippen molar-refractivity contribution in [2.75, 3.05) is 0 Å². The molecule has 0 amide bonds. The smallest absolute Gasteiger partial charge is 0.339 e. The van der Waals surface area contributed by atoms with Gasteiger partial charge in [0.15, 0.2) is 0 Å². The maximum atomic E-state index is 13.3. The first kappa shape index (κ1) is 22.0. The molecule has 4 aromatic rings. The third-order valence-corrected chi connectivity index (χ3v) is 6.70. The number of rotatable bonds is 4. The molecule has 0 unspecified atom stereocenters. The zero-order chi connectivity index (χ0) is 22.9. The van der Waals surface area contributed by atoms with Gasteiger partial charge in [0.25, 0.3) is 0 Å². The lowest BCUT2D eigenvalue weighted by molar-refractivity contribution is 0.0474. The topological polar surface area (TPSA) is 39.2 Å². The first-order valence-electron chi connectivity index (χ1n) is 10.5. The van der Waals surface area contributed by atoms with E-state index in [1.54, 1.807) is 18.2 Å². The van der Waals surface area contributed by atoms with Crippen LogP contribution in [0, 0.1) is 0 Å². The fraction of sp³-hybridized carbons (Fsp3) is 0.111. The average molecular weight is 495 g/mol. The highest BCUT2D eigenvalue weighted by Gasteiger charge is 2.27. The number of nitrogens with zero attached hydrogens (tertiary/aromatic N) is 1. The maximum Gasteiger partial charge on any atom is 0.339 e.